The summed E-state index contributed by atoms with van der Waals surface area (Å²) in [7, 11) is 0. The van der Waals surface area contributed by atoms with Crippen LogP contribution in [0.4, 0.5) is 0 Å². The van der Waals surface area contributed by atoms with E-state index in [2.05, 4.69) is 4.98 Å². The van der Waals surface area contributed by atoms with Gasteiger partial charge >= 0.3 is 0 Å². The van der Waals surface area contributed by atoms with Crippen molar-refractivity contribution in [2.75, 3.05) is 5.75 Å². The third kappa shape index (κ3) is 2.84. The molecule has 0 saturated carbocycles. The third-order valence-corrected chi connectivity index (χ3v) is 3.86. The van der Waals surface area contributed by atoms with Gasteiger partial charge in [-0.1, -0.05) is 42.1 Å². The Morgan fingerprint density at radius 2 is 2.12 bits per heavy atom. The second-order valence-electron chi connectivity index (χ2n) is 3.03. The molecule has 0 N–H and O–H groups in total. The van der Waals surface area contributed by atoms with E-state index < -0.39 is 5.97 Å². The minimum absolute atomic E-state index is 0.0538. The number of hydrogen-bond acceptors (Lipinski definition) is 5. The number of aromatic nitrogens is 1. The highest BCUT2D eigenvalue weighted by atomic mass is 32.2. The second-order valence-corrected chi connectivity index (χ2v) is 5.11. The van der Waals surface area contributed by atoms with E-state index in [0.29, 0.717) is 0 Å². The van der Waals surface area contributed by atoms with Gasteiger partial charge in [0.15, 0.2) is 4.34 Å². The van der Waals surface area contributed by atoms with Crippen LogP contribution < -0.4 is 5.11 Å². The summed E-state index contributed by atoms with van der Waals surface area (Å²) in [6.45, 7) is 0. The largest absolute Gasteiger partial charge is 0.549 e. The first-order chi connectivity index (χ1) is 7.75. The molecule has 1 aromatic heterocycles. The first-order valence-corrected chi connectivity index (χ1v) is 6.46. The van der Waals surface area contributed by atoms with Crippen LogP contribution in [0.3, 0.4) is 0 Å². The number of aliphatic carboxylic acids is 1. The van der Waals surface area contributed by atoms with Gasteiger partial charge in [0.05, 0.1) is 11.7 Å². The van der Waals surface area contributed by atoms with Gasteiger partial charge in [-0.05, 0) is 0 Å². The maximum atomic E-state index is 10.3. The first-order valence-electron chi connectivity index (χ1n) is 4.59. The molecular formula is C11H8NO2S2-. The Balaban J connectivity index is 2.11. The van der Waals surface area contributed by atoms with E-state index in [1.54, 1.807) is 0 Å². The van der Waals surface area contributed by atoms with Gasteiger partial charge in [-0.3, -0.25) is 0 Å². The quantitative estimate of drug-likeness (QED) is 0.774. The Labute approximate surface area is 101 Å². The Hall–Kier alpha value is -1.33. The highest BCUT2D eigenvalue weighted by molar-refractivity contribution is 8.01. The Morgan fingerprint density at radius 1 is 1.38 bits per heavy atom. The monoisotopic (exact) mass is 250 g/mol. The predicted octanol–water partition coefficient (Wildman–Crippen LogP) is 1.65. The summed E-state index contributed by atoms with van der Waals surface area (Å²) in [6, 6.07) is 9.79. The molecule has 82 valence electrons. The van der Waals surface area contributed by atoms with Crippen LogP contribution in [0, 0.1) is 0 Å². The molecule has 2 rings (SSSR count). The average Bonchev–Trinajstić information content (AvgIpc) is 2.76. The maximum Gasteiger partial charge on any atom is 0.150 e. The molecule has 0 amide bonds. The van der Waals surface area contributed by atoms with E-state index >= 15 is 0 Å². The third-order valence-electron chi connectivity index (χ3n) is 1.87. The lowest BCUT2D eigenvalue weighted by Gasteiger charge is -1.97. The lowest BCUT2D eigenvalue weighted by molar-refractivity contribution is -0.301. The van der Waals surface area contributed by atoms with E-state index in [4.69, 9.17) is 0 Å². The Kier molecular flexibility index (Phi) is 3.58. The zero-order chi connectivity index (χ0) is 11.4. The number of nitrogens with zero attached hydrogens (tertiary/aromatic N) is 1. The molecule has 0 radical (unpaired) electrons. The van der Waals surface area contributed by atoms with Crippen LogP contribution in [0.1, 0.15) is 0 Å². The molecule has 16 heavy (non-hydrogen) atoms. The summed E-state index contributed by atoms with van der Waals surface area (Å²) in [6.07, 6.45) is 0. The van der Waals surface area contributed by atoms with Gasteiger partial charge in [0.2, 0.25) is 0 Å². The van der Waals surface area contributed by atoms with Crippen molar-refractivity contribution in [1.82, 2.24) is 4.98 Å². The number of benzene rings is 1. The van der Waals surface area contributed by atoms with Crippen LogP contribution in [0.2, 0.25) is 0 Å². The topological polar surface area (TPSA) is 53.0 Å². The molecule has 0 aliphatic carbocycles. The van der Waals surface area contributed by atoms with E-state index in [0.717, 1.165) is 15.6 Å². The van der Waals surface area contributed by atoms with Gasteiger partial charge < -0.3 is 9.90 Å². The fourth-order valence-electron chi connectivity index (χ4n) is 1.19. The van der Waals surface area contributed by atoms with E-state index in [-0.39, 0.29) is 5.75 Å². The molecule has 0 spiro atoms. The SMILES string of the molecule is O=C([O-])CSc1nc(-c2ccccc2)cs1. The fourth-order valence-corrected chi connectivity index (χ4v) is 2.74. The van der Waals surface area contributed by atoms with Crippen molar-refractivity contribution in [2.24, 2.45) is 0 Å². The Bertz CT molecular complexity index is 482. The van der Waals surface area contributed by atoms with Crippen molar-refractivity contribution >= 4 is 29.1 Å². The number of hydrogen-bond donors (Lipinski definition) is 0. The van der Waals surface area contributed by atoms with Crippen molar-refractivity contribution < 1.29 is 9.90 Å². The molecule has 3 nitrogen and oxygen atoms in total. The molecular weight excluding hydrogens is 242 g/mol. The normalized spacial score (nSPS) is 10.2. The lowest BCUT2D eigenvalue weighted by atomic mass is 10.2. The molecule has 0 aliphatic heterocycles. The zero-order valence-electron chi connectivity index (χ0n) is 8.25. The highest BCUT2D eigenvalue weighted by Gasteiger charge is 2.04. The van der Waals surface area contributed by atoms with Gasteiger partial charge in [-0.2, -0.15) is 0 Å². The molecule has 0 fully saturated rings. The number of thiazole rings is 1. The van der Waals surface area contributed by atoms with Crippen LogP contribution in [0.5, 0.6) is 0 Å². The summed E-state index contributed by atoms with van der Waals surface area (Å²) in [5.41, 5.74) is 1.92. The predicted molar refractivity (Wildman–Crippen MR) is 63.3 cm³/mol. The molecule has 0 bridgehead atoms. The minimum Gasteiger partial charge on any atom is -0.549 e. The fraction of sp³-hybridized carbons (Fsp3) is 0.0909. The summed E-state index contributed by atoms with van der Waals surface area (Å²) in [4.78, 5) is 14.6. The number of carbonyl (C=O) groups excluding carboxylic acids is 1. The summed E-state index contributed by atoms with van der Waals surface area (Å²) in [5, 5.41) is 12.2. The smallest absolute Gasteiger partial charge is 0.150 e. The molecule has 1 heterocycles. The van der Waals surface area contributed by atoms with Gasteiger partial charge in [-0.15, -0.1) is 11.3 Å². The van der Waals surface area contributed by atoms with Crippen molar-refractivity contribution in [2.45, 2.75) is 4.34 Å². The van der Waals surface area contributed by atoms with Crippen LogP contribution in [0.15, 0.2) is 40.1 Å². The molecule has 2 aromatic rings. The van der Waals surface area contributed by atoms with Crippen molar-refractivity contribution in [3.05, 3.63) is 35.7 Å². The molecule has 5 heteroatoms. The standard InChI is InChI=1S/C11H9NO2S2/c13-10(14)7-16-11-12-9(6-15-11)8-4-2-1-3-5-8/h1-6H,7H2,(H,13,14)/p-1. The molecule has 1 aromatic carbocycles. The zero-order valence-corrected chi connectivity index (χ0v) is 9.88. The number of carbonyl (C=O) groups is 1. The first kappa shape index (κ1) is 11.2. The summed E-state index contributed by atoms with van der Waals surface area (Å²) < 4.78 is 0.753. The molecule has 0 atom stereocenters. The second kappa shape index (κ2) is 5.14. The number of carboxylic acids is 1. The van der Waals surface area contributed by atoms with Gasteiger partial charge in [-0.25, -0.2) is 4.98 Å². The molecule has 0 unspecified atom stereocenters. The number of thioether (sulfide) groups is 1. The van der Waals surface area contributed by atoms with Gasteiger partial charge in [0.25, 0.3) is 0 Å². The number of rotatable bonds is 4. The van der Waals surface area contributed by atoms with E-state index in [1.807, 2.05) is 35.7 Å². The van der Waals surface area contributed by atoms with Gasteiger partial charge in [0.1, 0.15) is 0 Å². The average molecular weight is 250 g/mol. The molecule has 0 saturated heterocycles. The highest BCUT2D eigenvalue weighted by Crippen LogP contribution is 2.27. The van der Waals surface area contributed by atoms with Crippen LogP contribution in [-0.2, 0) is 4.79 Å². The minimum atomic E-state index is -1.07. The summed E-state index contributed by atoms with van der Waals surface area (Å²) in [5.74, 6) is -1.12. The van der Waals surface area contributed by atoms with Crippen LogP contribution in [-0.4, -0.2) is 16.7 Å². The number of carboxylic acid groups (broad SMARTS) is 1. The van der Waals surface area contributed by atoms with Crippen molar-refractivity contribution in [1.29, 1.82) is 0 Å². The Morgan fingerprint density at radius 3 is 2.81 bits per heavy atom. The van der Waals surface area contributed by atoms with Crippen molar-refractivity contribution in [3.8, 4) is 11.3 Å². The van der Waals surface area contributed by atoms with E-state index in [1.165, 1.54) is 23.1 Å². The van der Waals surface area contributed by atoms with Crippen LogP contribution in [0.25, 0.3) is 11.3 Å². The van der Waals surface area contributed by atoms with Crippen molar-refractivity contribution in [3.63, 3.8) is 0 Å². The van der Waals surface area contributed by atoms with E-state index in [9.17, 15) is 9.90 Å². The summed E-state index contributed by atoms with van der Waals surface area (Å²) >= 11 is 2.64. The lowest BCUT2D eigenvalue weighted by Crippen LogP contribution is -2.24. The molecule has 0 aliphatic rings. The maximum absolute atomic E-state index is 10.3. The van der Waals surface area contributed by atoms with Gasteiger partial charge in [0, 0.05) is 16.7 Å². The van der Waals surface area contributed by atoms with Crippen LogP contribution >= 0.6 is 23.1 Å².